The van der Waals surface area contributed by atoms with Crippen LogP contribution in [0.4, 0.5) is 20.2 Å². The predicted octanol–water partition coefficient (Wildman–Crippen LogP) is 3.33. The molecule has 0 aliphatic carbocycles. The van der Waals surface area contributed by atoms with Crippen molar-refractivity contribution in [1.29, 1.82) is 0 Å². The fourth-order valence-corrected chi connectivity index (χ4v) is 3.10. The molecule has 9 heteroatoms. The number of carbonyl (C=O) groups is 1. The number of hydrogen-bond acceptors (Lipinski definition) is 3. The Balaban J connectivity index is 2.25. The van der Waals surface area contributed by atoms with Crippen molar-refractivity contribution >= 4 is 38.9 Å². The molecule has 1 N–H and O–H groups in total. The van der Waals surface area contributed by atoms with Crippen LogP contribution in [0.25, 0.3) is 0 Å². The van der Waals surface area contributed by atoms with Crippen LogP contribution in [0.3, 0.4) is 0 Å². The van der Waals surface area contributed by atoms with E-state index in [9.17, 15) is 22.0 Å². The van der Waals surface area contributed by atoms with Crippen LogP contribution in [0, 0.1) is 18.6 Å². The van der Waals surface area contributed by atoms with Gasteiger partial charge in [-0.05, 0) is 36.8 Å². The minimum absolute atomic E-state index is 0.369. The number of anilines is 2. The quantitative estimate of drug-likeness (QED) is 0.854. The maximum Gasteiger partial charge on any atom is 0.245 e. The van der Waals surface area contributed by atoms with Gasteiger partial charge in [-0.1, -0.05) is 17.7 Å². The topological polar surface area (TPSA) is 66.5 Å². The van der Waals surface area contributed by atoms with E-state index in [1.54, 1.807) is 19.1 Å². The molecule has 5 nitrogen and oxygen atoms in total. The highest BCUT2D eigenvalue weighted by molar-refractivity contribution is 7.92. The number of nitrogens with zero attached hydrogens (tertiary/aromatic N) is 1. The Morgan fingerprint density at radius 3 is 2.44 bits per heavy atom. The minimum atomic E-state index is -3.97. The number of carbonyl (C=O) groups excluding carboxylic acids is 1. The molecule has 0 aromatic heterocycles. The van der Waals surface area contributed by atoms with Gasteiger partial charge >= 0.3 is 0 Å². The average Bonchev–Trinajstić information content (AvgIpc) is 2.48. The highest BCUT2D eigenvalue weighted by Gasteiger charge is 2.24. The summed E-state index contributed by atoms with van der Waals surface area (Å²) in [6.45, 7) is 1.11. The molecule has 0 spiro atoms. The van der Waals surface area contributed by atoms with Gasteiger partial charge < -0.3 is 5.32 Å². The average molecular weight is 389 g/mol. The lowest BCUT2D eigenvalue weighted by atomic mass is 10.2. The molecule has 0 atom stereocenters. The van der Waals surface area contributed by atoms with Crippen molar-refractivity contribution in [1.82, 2.24) is 0 Å². The molecule has 0 aliphatic heterocycles. The standard InChI is InChI=1S/C16H15ClF2N2O3S/c1-10-3-5-12(8-13(10)17)20-16(22)9-21(25(2,23)24)15-6-4-11(18)7-14(15)19/h3-8H,9H2,1-2H3,(H,20,22). The Bertz CT molecular complexity index is 920. The van der Waals surface area contributed by atoms with Crippen LogP contribution in [0.1, 0.15) is 5.56 Å². The number of sulfonamides is 1. The highest BCUT2D eigenvalue weighted by Crippen LogP contribution is 2.23. The van der Waals surface area contributed by atoms with Gasteiger partial charge in [0.15, 0.2) is 0 Å². The van der Waals surface area contributed by atoms with E-state index in [0.717, 1.165) is 24.0 Å². The number of hydrogen-bond donors (Lipinski definition) is 1. The van der Waals surface area contributed by atoms with E-state index in [2.05, 4.69) is 5.32 Å². The molecule has 0 unspecified atom stereocenters. The number of halogens is 3. The summed E-state index contributed by atoms with van der Waals surface area (Å²) in [7, 11) is -3.97. The minimum Gasteiger partial charge on any atom is -0.324 e. The van der Waals surface area contributed by atoms with Gasteiger partial charge in [-0.2, -0.15) is 0 Å². The summed E-state index contributed by atoms with van der Waals surface area (Å²) < 4.78 is 51.3. The fourth-order valence-electron chi connectivity index (χ4n) is 2.07. The number of amides is 1. The van der Waals surface area contributed by atoms with Gasteiger partial charge in [0.05, 0.1) is 11.9 Å². The van der Waals surface area contributed by atoms with Crippen molar-refractivity contribution in [2.24, 2.45) is 0 Å². The highest BCUT2D eigenvalue weighted by atomic mass is 35.5. The van der Waals surface area contributed by atoms with E-state index in [-0.39, 0.29) is 0 Å². The maximum absolute atomic E-state index is 13.9. The number of aryl methyl sites for hydroxylation is 1. The number of nitrogens with one attached hydrogen (secondary N) is 1. The maximum atomic E-state index is 13.9. The molecule has 2 rings (SSSR count). The first-order chi connectivity index (χ1) is 11.6. The van der Waals surface area contributed by atoms with Gasteiger partial charge in [0.1, 0.15) is 18.2 Å². The van der Waals surface area contributed by atoms with Crippen LogP contribution in [0.5, 0.6) is 0 Å². The monoisotopic (exact) mass is 388 g/mol. The van der Waals surface area contributed by atoms with Gasteiger partial charge in [0.25, 0.3) is 0 Å². The molecular weight excluding hydrogens is 374 g/mol. The molecule has 0 bridgehead atoms. The van der Waals surface area contributed by atoms with Crippen molar-refractivity contribution in [2.75, 3.05) is 22.4 Å². The fraction of sp³-hybridized carbons (Fsp3) is 0.188. The molecule has 0 aliphatic rings. The van der Waals surface area contributed by atoms with Gasteiger partial charge in [0.2, 0.25) is 15.9 Å². The summed E-state index contributed by atoms with van der Waals surface area (Å²) in [6, 6.07) is 7.22. The molecule has 1 amide bonds. The number of rotatable bonds is 5. The SMILES string of the molecule is Cc1ccc(NC(=O)CN(c2ccc(F)cc2F)S(C)(=O)=O)cc1Cl. The summed E-state index contributed by atoms with van der Waals surface area (Å²) in [5, 5.41) is 2.92. The first-order valence-electron chi connectivity index (χ1n) is 7.06. The van der Waals surface area contributed by atoms with Crippen molar-refractivity contribution in [2.45, 2.75) is 6.92 Å². The molecule has 0 radical (unpaired) electrons. The van der Waals surface area contributed by atoms with Gasteiger partial charge in [0, 0.05) is 16.8 Å². The lowest BCUT2D eigenvalue weighted by molar-refractivity contribution is -0.114. The van der Waals surface area contributed by atoms with Crippen LogP contribution in [0.2, 0.25) is 5.02 Å². The zero-order valence-corrected chi connectivity index (χ0v) is 15.0. The van der Waals surface area contributed by atoms with Crippen molar-refractivity contribution in [3.8, 4) is 0 Å². The van der Waals surface area contributed by atoms with Gasteiger partial charge in [-0.3, -0.25) is 9.10 Å². The Morgan fingerprint density at radius 1 is 1.20 bits per heavy atom. The molecule has 0 saturated heterocycles. The van der Waals surface area contributed by atoms with Crippen LogP contribution < -0.4 is 9.62 Å². The van der Waals surface area contributed by atoms with Crippen LogP contribution in [-0.2, 0) is 14.8 Å². The number of benzene rings is 2. The summed E-state index contributed by atoms with van der Waals surface area (Å²) in [5.74, 6) is -2.64. The second-order valence-corrected chi connectivity index (χ2v) is 7.69. The van der Waals surface area contributed by atoms with Gasteiger partial charge in [-0.25, -0.2) is 17.2 Å². The zero-order chi connectivity index (χ0) is 18.8. The molecule has 134 valence electrons. The van der Waals surface area contributed by atoms with Crippen LogP contribution >= 0.6 is 11.6 Å². The van der Waals surface area contributed by atoms with Crippen molar-refractivity contribution in [3.05, 3.63) is 58.6 Å². The molecule has 0 fully saturated rings. The lowest BCUT2D eigenvalue weighted by Gasteiger charge is -2.22. The van der Waals surface area contributed by atoms with Gasteiger partial charge in [-0.15, -0.1) is 0 Å². The molecule has 0 saturated carbocycles. The van der Waals surface area contributed by atoms with E-state index in [1.165, 1.54) is 6.07 Å². The molecule has 25 heavy (non-hydrogen) atoms. The van der Waals surface area contributed by atoms with E-state index < -0.39 is 39.8 Å². The Kier molecular flexibility index (Phi) is 5.64. The molecule has 0 heterocycles. The largest absolute Gasteiger partial charge is 0.324 e. The third kappa shape index (κ3) is 4.90. The Morgan fingerprint density at radius 2 is 1.88 bits per heavy atom. The summed E-state index contributed by atoms with van der Waals surface area (Å²) in [4.78, 5) is 12.2. The third-order valence-corrected chi connectivity index (χ3v) is 4.86. The first-order valence-corrected chi connectivity index (χ1v) is 9.29. The normalized spacial score (nSPS) is 11.2. The second-order valence-electron chi connectivity index (χ2n) is 5.38. The summed E-state index contributed by atoms with van der Waals surface area (Å²) >= 11 is 5.96. The zero-order valence-electron chi connectivity index (χ0n) is 13.4. The smallest absolute Gasteiger partial charge is 0.245 e. The van der Waals surface area contributed by atoms with Crippen LogP contribution in [0.15, 0.2) is 36.4 Å². The summed E-state index contributed by atoms with van der Waals surface area (Å²) in [5.41, 5.74) is 0.764. The lowest BCUT2D eigenvalue weighted by Crippen LogP contribution is -2.38. The molecule has 2 aromatic carbocycles. The van der Waals surface area contributed by atoms with E-state index in [1.807, 2.05) is 0 Å². The summed E-state index contributed by atoms with van der Waals surface area (Å²) in [6.07, 6.45) is 0.825. The predicted molar refractivity (Wildman–Crippen MR) is 93.4 cm³/mol. The Labute approximate surface area is 149 Å². The van der Waals surface area contributed by atoms with E-state index >= 15 is 0 Å². The van der Waals surface area contributed by atoms with E-state index in [4.69, 9.17) is 11.6 Å². The third-order valence-electron chi connectivity index (χ3n) is 3.32. The molecular formula is C16H15ClF2N2O3S. The molecule has 2 aromatic rings. The Hall–Kier alpha value is -2.19. The van der Waals surface area contributed by atoms with Crippen LogP contribution in [-0.4, -0.2) is 27.1 Å². The van der Waals surface area contributed by atoms with Crippen molar-refractivity contribution < 1.29 is 22.0 Å². The first kappa shape index (κ1) is 19.1. The second kappa shape index (κ2) is 7.37. The van der Waals surface area contributed by atoms with E-state index in [0.29, 0.717) is 21.1 Å². The van der Waals surface area contributed by atoms with Crippen molar-refractivity contribution in [3.63, 3.8) is 0 Å².